The van der Waals surface area contributed by atoms with E-state index in [1.165, 1.54) is 0 Å². The molecular weight excluding hydrogens is 290 g/mol. The van der Waals surface area contributed by atoms with Crippen LogP contribution in [0.5, 0.6) is 0 Å². The van der Waals surface area contributed by atoms with Crippen molar-refractivity contribution in [1.82, 2.24) is 0 Å². The van der Waals surface area contributed by atoms with E-state index in [0.29, 0.717) is 5.56 Å². The number of carbonyl (C=O) groups excluding carboxylic acids is 3. The maximum absolute atomic E-state index is 12.1. The summed E-state index contributed by atoms with van der Waals surface area (Å²) in [6, 6.07) is 8.63. The van der Waals surface area contributed by atoms with E-state index in [4.69, 9.17) is 10.5 Å². The van der Waals surface area contributed by atoms with E-state index >= 15 is 0 Å². The van der Waals surface area contributed by atoms with Crippen LogP contribution in [0.4, 0.5) is 0 Å². The van der Waals surface area contributed by atoms with Gasteiger partial charge in [-0.2, -0.15) is 0 Å². The maximum atomic E-state index is 12.1. The quantitative estimate of drug-likeness (QED) is 0.344. The molecule has 0 atom stereocenters. The molecule has 0 amide bonds. The predicted octanol–water partition coefficient (Wildman–Crippen LogP) is 0.801. The molecule has 0 bridgehead atoms. The van der Waals surface area contributed by atoms with Gasteiger partial charge in [-0.05, 0) is 5.56 Å². The van der Waals surface area contributed by atoms with Crippen molar-refractivity contribution in [3.8, 4) is 0 Å². The smallest absolute Gasteiger partial charge is 0.354 e. The van der Waals surface area contributed by atoms with Crippen LogP contribution in [0.15, 0.2) is 56.0 Å². The van der Waals surface area contributed by atoms with Crippen LogP contribution in [0.2, 0.25) is 0 Å². The van der Waals surface area contributed by atoms with Crippen molar-refractivity contribution < 1.29 is 28.6 Å². The molecule has 1 rings (SSSR count). The van der Waals surface area contributed by atoms with Crippen molar-refractivity contribution in [2.24, 2.45) is 5.73 Å². The van der Waals surface area contributed by atoms with Gasteiger partial charge in [0, 0.05) is 0 Å². The molecule has 0 unspecified atom stereocenters. The molecule has 7 heteroatoms. The molecule has 0 radical (unpaired) electrons. The Labute approximate surface area is 127 Å². The number of hydrogen-bond acceptors (Lipinski definition) is 7. The zero-order valence-corrected chi connectivity index (χ0v) is 11.7. The highest BCUT2D eigenvalue weighted by atomic mass is 16.6. The molecule has 0 aliphatic rings. The number of nitrogens with two attached hydrogens (primary N) is 1. The van der Waals surface area contributed by atoms with E-state index in [0.717, 1.165) is 12.5 Å². The van der Waals surface area contributed by atoms with E-state index in [-0.39, 0.29) is 6.61 Å². The highest BCUT2D eigenvalue weighted by molar-refractivity contribution is 6.23. The average Bonchev–Trinajstić information content (AvgIpc) is 2.53. The summed E-state index contributed by atoms with van der Waals surface area (Å²) < 4.78 is 13.7. The molecule has 7 nitrogen and oxygen atoms in total. The maximum Gasteiger partial charge on any atom is 0.354 e. The van der Waals surface area contributed by atoms with Gasteiger partial charge in [-0.3, -0.25) is 5.73 Å². The molecule has 116 valence electrons. The SMILES string of the molecule is C=COC(=O)C(N)(C(=O)OC=C)C(=O)OCc1ccccc1. The van der Waals surface area contributed by atoms with Gasteiger partial charge in [0.15, 0.2) is 0 Å². The second kappa shape index (κ2) is 7.75. The molecule has 0 saturated heterocycles. The Hall–Kier alpha value is -2.93. The van der Waals surface area contributed by atoms with Gasteiger partial charge in [0.05, 0.1) is 12.5 Å². The largest absolute Gasteiger partial charge is 0.459 e. The van der Waals surface area contributed by atoms with Crippen LogP contribution in [0.3, 0.4) is 0 Å². The first-order valence-corrected chi connectivity index (χ1v) is 6.10. The first-order chi connectivity index (χ1) is 10.5. The van der Waals surface area contributed by atoms with Gasteiger partial charge in [0.25, 0.3) is 0 Å². The number of esters is 3. The van der Waals surface area contributed by atoms with Gasteiger partial charge in [-0.25, -0.2) is 14.4 Å². The fourth-order valence-electron chi connectivity index (χ4n) is 1.42. The fraction of sp³-hybridized carbons (Fsp3) is 0.133. The fourth-order valence-corrected chi connectivity index (χ4v) is 1.42. The Kier molecular flexibility index (Phi) is 6.03. The Balaban J connectivity index is 2.92. The van der Waals surface area contributed by atoms with Crippen LogP contribution in [-0.2, 0) is 35.2 Å². The second-order valence-electron chi connectivity index (χ2n) is 4.01. The van der Waals surface area contributed by atoms with Crippen molar-refractivity contribution in [2.75, 3.05) is 0 Å². The second-order valence-corrected chi connectivity index (χ2v) is 4.01. The number of rotatable bonds is 7. The summed E-state index contributed by atoms with van der Waals surface area (Å²) in [6.45, 7) is 6.12. The molecule has 0 fully saturated rings. The van der Waals surface area contributed by atoms with Gasteiger partial charge in [-0.15, -0.1) is 0 Å². The summed E-state index contributed by atoms with van der Waals surface area (Å²) in [5.41, 5.74) is 3.42. The van der Waals surface area contributed by atoms with E-state index < -0.39 is 23.4 Å². The third kappa shape index (κ3) is 3.80. The lowest BCUT2D eigenvalue weighted by Gasteiger charge is -2.21. The van der Waals surface area contributed by atoms with Crippen LogP contribution >= 0.6 is 0 Å². The Morgan fingerprint density at radius 2 is 1.50 bits per heavy atom. The normalized spacial score (nSPS) is 10.2. The summed E-state index contributed by atoms with van der Waals surface area (Å²) in [7, 11) is 0. The summed E-state index contributed by atoms with van der Waals surface area (Å²) >= 11 is 0. The van der Waals surface area contributed by atoms with E-state index in [9.17, 15) is 14.4 Å². The van der Waals surface area contributed by atoms with E-state index in [1.54, 1.807) is 30.3 Å². The Morgan fingerprint density at radius 1 is 1.00 bits per heavy atom. The Morgan fingerprint density at radius 3 is 1.95 bits per heavy atom. The summed E-state index contributed by atoms with van der Waals surface area (Å²) in [5, 5.41) is 0. The van der Waals surface area contributed by atoms with Gasteiger partial charge in [0.2, 0.25) is 0 Å². The number of ether oxygens (including phenoxy) is 3. The molecule has 22 heavy (non-hydrogen) atoms. The van der Waals surface area contributed by atoms with Crippen molar-refractivity contribution in [1.29, 1.82) is 0 Å². The number of hydrogen-bond donors (Lipinski definition) is 1. The average molecular weight is 305 g/mol. The molecule has 1 aromatic rings. The highest BCUT2D eigenvalue weighted by Gasteiger charge is 2.54. The Bertz CT molecular complexity index is 559. The lowest BCUT2D eigenvalue weighted by atomic mass is 10.0. The third-order valence-electron chi connectivity index (χ3n) is 2.56. The van der Waals surface area contributed by atoms with Crippen LogP contribution in [-0.4, -0.2) is 23.4 Å². The van der Waals surface area contributed by atoms with Crippen molar-refractivity contribution in [3.63, 3.8) is 0 Å². The van der Waals surface area contributed by atoms with E-state index in [2.05, 4.69) is 22.6 Å². The highest BCUT2D eigenvalue weighted by Crippen LogP contribution is 2.12. The molecule has 1 aromatic carbocycles. The molecule has 0 spiro atoms. The van der Waals surface area contributed by atoms with Crippen molar-refractivity contribution in [3.05, 3.63) is 61.6 Å². The molecular formula is C15H15NO6. The van der Waals surface area contributed by atoms with Crippen molar-refractivity contribution in [2.45, 2.75) is 12.1 Å². The monoisotopic (exact) mass is 305 g/mol. The first-order valence-electron chi connectivity index (χ1n) is 6.10. The molecule has 0 aliphatic heterocycles. The zero-order valence-electron chi connectivity index (χ0n) is 11.7. The van der Waals surface area contributed by atoms with Gasteiger partial charge in [0.1, 0.15) is 6.61 Å². The lowest BCUT2D eigenvalue weighted by molar-refractivity contribution is -0.171. The summed E-state index contributed by atoms with van der Waals surface area (Å²) in [4.78, 5) is 35.6. The zero-order chi connectivity index (χ0) is 16.6. The number of carbonyl (C=O) groups is 3. The van der Waals surface area contributed by atoms with Crippen LogP contribution < -0.4 is 5.73 Å². The number of benzene rings is 1. The molecule has 0 aromatic heterocycles. The van der Waals surface area contributed by atoms with Gasteiger partial charge >= 0.3 is 23.4 Å². The minimum absolute atomic E-state index is 0.179. The van der Waals surface area contributed by atoms with Gasteiger partial charge < -0.3 is 14.2 Å². The summed E-state index contributed by atoms with van der Waals surface area (Å²) in [5.74, 6) is -4.05. The molecule has 0 heterocycles. The third-order valence-corrected chi connectivity index (χ3v) is 2.56. The predicted molar refractivity (Wildman–Crippen MR) is 75.7 cm³/mol. The standard InChI is InChI=1S/C15H15NO6/c1-3-20-12(17)15(16,13(18)21-4-2)14(19)22-10-11-8-6-5-7-9-11/h3-9H,1-2,10,16H2. The van der Waals surface area contributed by atoms with Crippen molar-refractivity contribution >= 4 is 17.9 Å². The first kappa shape index (κ1) is 17.1. The molecule has 0 saturated carbocycles. The van der Waals surface area contributed by atoms with E-state index in [1.807, 2.05) is 0 Å². The molecule has 2 N–H and O–H groups in total. The summed E-state index contributed by atoms with van der Waals surface area (Å²) in [6.07, 6.45) is 1.46. The van der Waals surface area contributed by atoms with Crippen LogP contribution in [0, 0.1) is 0 Å². The lowest BCUT2D eigenvalue weighted by Crippen LogP contribution is -2.62. The van der Waals surface area contributed by atoms with Crippen LogP contribution in [0.1, 0.15) is 5.56 Å². The minimum atomic E-state index is -2.77. The molecule has 0 aliphatic carbocycles. The van der Waals surface area contributed by atoms with Crippen LogP contribution in [0.25, 0.3) is 0 Å². The topological polar surface area (TPSA) is 105 Å². The van der Waals surface area contributed by atoms with Gasteiger partial charge in [-0.1, -0.05) is 43.5 Å². The minimum Gasteiger partial charge on any atom is -0.459 e.